The van der Waals surface area contributed by atoms with E-state index in [4.69, 9.17) is 0 Å². The molecule has 0 spiro atoms. The summed E-state index contributed by atoms with van der Waals surface area (Å²) in [5, 5.41) is 0. The largest absolute Gasteiger partial charge is 0.274 e. The third kappa shape index (κ3) is 2.71. The quantitative estimate of drug-likeness (QED) is 0.920. The Morgan fingerprint density at radius 3 is 2.59 bits per heavy atom. The number of sulfonamides is 1. The van der Waals surface area contributed by atoms with Crippen molar-refractivity contribution in [2.45, 2.75) is 24.5 Å². The Bertz CT molecular complexity index is 545. The lowest BCUT2D eigenvalue weighted by molar-refractivity contribution is -0.120. The second-order valence-corrected chi connectivity index (χ2v) is 8.59. The third-order valence-corrected chi connectivity index (χ3v) is 6.74. The van der Waals surface area contributed by atoms with E-state index < -0.39 is 10.0 Å². The van der Waals surface area contributed by atoms with E-state index in [-0.39, 0.29) is 16.0 Å². The average Bonchev–Trinajstić information content (AvgIpc) is 2.84. The van der Waals surface area contributed by atoms with Gasteiger partial charge < -0.3 is 0 Å². The number of carbonyl (C=O) groups excluding carboxylic acids is 1. The summed E-state index contributed by atoms with van der Waals surface area (Å²) in [7, 11) is -3.70. The van der Waals surface area contributed by atoms with E-state index in [9.17, 15) is 13.2 Å². The molecule has 0 aliphatic heterocycles. The van der Waals surface area contributed by atoms with Crippen LogP contribution in [0.2, 0.25) is 0 Å². The molecule has 1 aliphatic carbocycles. The first-order chi connectivity index (χ1) is 7.81. The van der Waals surface area contributed by atoms with Crippen molar-refractivity contribution in [3.05, 3.63) is 15.4 Å². The Kier molecular flexibility index (Phi) is 3.35. The van der Waals surface area contributed by atoms with E-state index in [1.807, 2.05) is 13.8 Å². The predicted octanol–water partition coefficient (Wildman–Crippen LogP) is 2.28. The first-order valence-corrected chi connectivity index (χ1v) is 8.23. The van der Waals surface area contributed by atoms with Gasteiger partial charge in [0, 0.05) is 5.92 Å². The number of nitrogens with one attached hydrogen (secondary N) is 1. The molecule has 0 radical (unpaired) electrons. The van der Waals surface area contributed by atoms with Gasteiger partial charge in [0.2, 0.25) is 5.91 Å². The molecule has 1 aliphatic rings. The number of carbonyl (C=O) groups is 1. The molecule has 1 saturated carbocycles. The summed E-state index contributed by atoms with van der Waals surface area (Å²) >= 11 is 4.38. The summed E-state index contributed by atoms with van der Waals surface area (Å²) in [5.74, 6) is -0.240. The standard InChI is InChI=1S/C10H12BrNO3S2/c1-5-3-7(5)10(13)12-17(14,15)8-4-6(2)9(11)16-8/h4-5,7H,3H2,1-2H3,(H,12,13)/t5-,7-/m0/s1. The maximum Gasteiger partial charge on any atom is 0.273 e. The van der Waals surface area contributed by atoms with Gasteiger partial charge in [-0.3, -0.25) is 4.79 Å². The van der Waals surface area contributed by atoms with Crippen molar-refractivity contribution in [2.75, 3.05) is 0 Å². The lowest BCUT2D eigenvalue weighted by Gasteiger charge is -2.03. The fourth-order valence-corrected chi connectivity index (χ4v) is 4.76. The molecule has 7 heteroatoms. The Labute approximate surface area is 113 Å². The van der Waals surface area contributed by atoms with E-state index in [1.54, 1.807) is 6.07 Å². The van der Waals surface area contributed by atoms with Gasteiger partial charge in [-0.1, -0.05) is 6.92 Å². The van der Waals surface area contributed by atoms with E-state index in [0.717, 1.165) is 27.1 Å². The summed E-state index contributed by atoms with van der Waals surface area (Å²) in [6.45, 7) is 3.74. The highest BCUT2D eigenvalue weighted by Crippen LogP contribution is 2.38. The van der Waals surface area contributed by atoms with E-state index in [0.29, 0.717) is 5.92 Å². The van der Waals surface area contributed by atoms with Crippen molar-refractivity contribution >= 4 is 43.2 Å². The number of aryl methyl sites for hydroxylation is 1. The topological polar surface area (TPSA) is 63.2 Å². The van der Waals surface area contributed by atoms with Gasteiger partial charge in [0.1, 0.15) is 4.21 Å². The normalized spacial score (nSPS) is 23.5. The minimum atomic E-state index is -3.70. The zero-order valence-corrected chi connectivity index (χ0v) is 12.6. The highest BCUT2D eigenvalue weighted by atomic mass is 79.9. The average molecular weight is 338 g/mol. The van der Waals surface area contributed by atoms with Crippen molar-refractivity contribution < 1.29 is 13.2 Å². The monoisotopic (exact) mass is 337 g/mol. The van der Waals surface area contributed by atoms with Gasteiger partial charge in [0.15, 0.2) is 0 Å². The Morgan fingerprint density at radius 1 is 1.59 bits per heavy atom. The van der Waals surface area contributed by atoms with Crippen LogP contribution in [0.15, 0.2) is 14.1 Å². The van der Waals surface area contributed by atoms with Gasteiger partial charge in [-0.05, 0) is 46.8 Å². The molecule has 94 valence electrons. The van der Waals surface area contributed by atoms with Crippen LogP contribution in [0.3, 0.4) is 0 Å². The summed E-state index contributed by atoms with van der Waals surface area (Å²) in [6, 6.07) is 1.56. The number of rotatable bonds is 3. The Morgan fingerprint density at radius 2 is 2.18 bits per heavy atom. The molecule has 4 nitrogen and oxygen atoms in total. The Balaban J connectivity index is 2.16. The lowest BCUT2D eigenvalue weighted by Crippen LogP contribution is -2.31. The smallest absolute Gasteiger partial charge is 0.273 e. The minimum absolute atomic E-state index is 0.144. The summed E-state index contributed by atoms with van der Waals surface area (Å²) in [4.78, 5) is 11.6. The molecule has 17 heavy (non-hydrogen) atoms. The van der Waals surface area contributed by atoms with Crippen LogP contribution in [0, 0.1) is 18.8 Å². The molecule has 1 fully saturated rings. The van der Waals surface area contributed by atoms with Crippen LogP contribution in [-0.4, -0.2) is 14.3 Å². The third-order valence-electron chi connectivity index (χ3n) is 2.78. The van der Waals surface area contributed by atoms with Gasteiger partial charge in [0.25, 0.3) is 10.0 Å². The number of thiophene rings is 1. The molecule has 1 aromatic rings. The van der Waals surface area contributed by atoms with Crippen molar-refractivity contribution in [3.63, 3.8) is 0 Å². The summed E-state index contributed by atoms with van der Waals surface area (Å²) in [6.07, 6.45) is 0.772. The second-order valence-electron chi connectivity index (χ2n) is 4.31. The SMILES string of the molecule is Cc1cc(S(=O)(=O)NC(=O)[C@H]2C[C@@H]2C)sc1Br. The molecule has 1 N–H and O–H groups in total. The molecular formula is C10H12BrNO3S2. The number of hydrogen-bond donors (Lipinski definition) is 1. The highest BCUT2D eigenvalue weighted by molar-refractivity contribution is 9.11. The van der Waals surface area contributed by atoms with Crippen molar-refractivity contribution in [2.24, 2.45) is 11.8 Å². The maximum absolute atomic E-state index is 11.9. The fourth-order valence-electron chi connectivity index (χ4n) is 1.51. The molecular weight excluding hydrogens is 326 g/mol. The molecule has 2 rings (SSSR count). The minimum Gasteiger partial charge on any atom is -0.274 e. The predicted molar refractivity (Wildman–Crippen MR) is 69.4 cm³/mol. The van der Waals surface area contributed by atoms with E-state index in [1.165, 1.54) is 0 Å². The number of amides is 1. The van der Waals surface area contributed by atoms with Gasteiger partial charge in [-0.15, -0.1) is 11.3 Å². The zero-order valence-electron chi connectivity index (χ0n) is 9.36. The Hall–Kier alpha value is -0.400. The molecule has 0 bridgehead atoms. The van der Waals surface area contributed by atoms with Crippen LogP contribution in [0.5, 0.6) is 0 Å². The lowest BCUT2D eigenvalue weighted by atomic mass is 10.3. The molecule has 0 saturated heterocycles. The first kappa shape index (κ1) is 13.0. The van der Waals surface area contributed by atoms with Gasteiger partial charge in [-0.25, -0.2) is 13.1 Å². The van der Waals surface area contributed by atoms with Gasteiger partial charge in [-0.2, -0.15) is 0 Å². The number of halogens is 1. The molecule has 2 atom stereocenters. The summed E-state index contributed by atoms with van der Waals surface area (Å²) in [5.41, 5.74) is 0.850. The van der Waals surface area contributed by atoms with Crippen molar-refractivity contribution in [1.82, 2.24) is 4.72 Å². The second kappa shape index (κ2) is 4.37. The van der Waals surface area contributed by atoms with Crippen LogP contribution < -0.4 is 4.72 Å². The molecule has 0 unspecified atom stereocenters. The van der Waals surface area contributed by atoms with Crippen LogP contribution in [0.1, 0.15) is 18.9 Å². The van der Waals surface area contributed by atoms with Crippen LogP contribution in [0.25, 0.3) is 0 Å². The highest BCUT2D eigenvalue weighted by Gasteiger charge is 2.40. The van der Waals surface area contributed by atoms with Crippen molar-refractivity contribution in [1.29, 1.82) is 0 Å². The van der Waals surface area contributed by atoms with Gasteiger partial charge in [0.05, 0.1) is 3.79 Å². The molecule has 1 heterocycles. The van der Waals surface area contributed by atoms with Crippen LogP contribution >= 0.6 is 27.3 Å². The van der Waals surface area contributed by atoms with Crippen LogP contribution in [-0.2, 0) is 14.8 Å². The number of hydrogen-bond acceptors (Lipinski definition) is 4. The molecule has 1 amide bonds. The molecule has 1 aromatic heterocycles. The fraction of sp³-hybridized carbons (Fsp3) is 0.500. The van der Waals surface area contributed by atoms with E-state index >= 15 is 0 Å². The summed E-state index contributed by atoms with van der Waals surface area (Å²) < 4.78 is 26.9. The van der Waals surface area contributed by atoms with Crippen molar-refractivity contribution in [3.8, 4) is 0 Å². The van der Waals surface area contributed by atoms with Gasteiger partial charge >= 0.3 is 0 Å². The van der Waals surface area contributed by atoms with Crippen LogP contribution in [0.4, 0.5) is 0 Å². The van der Waals surface area contributed by atoms with E-state index in [2.05, 4.69) is 20.7 Å². The first-order valence-electron chi connectivity index (χ1n) is 5.14. The zero-order chi connectivity index (χ0) is 12.8. The molecule has 0 aromatic carbocycles. The maximum atomic E-state index is 11.9.